The van der Waals surface area contributed by atoms with Crippen LogP contribution in [0.15, 0.2) is 46.5 Å². The maximum absolute atomic E-state index is 13.2. The second-order valence-electron chi connectivity index (χ2n) is 8.89. The Hall–Kier alpha value is -3.49. The minimum Gasteiger partial charge on any atom is -0.467 e. The lowest BCUT2D eigenvalue weighted by atomic mass is 9.94. The van der Waals surface area contributed by atoms with E-state index in [4.69, 9.17) is 4.74 Å². The normalized spacial score (nSPS) is 23.0. The van der Waals surface area contributed by atoms with Gasteiger partial charge in [-0.25, -0.2) is 4.79 Å². The first-order valence-electron chi connectivity index (χ1n) is 10.8. The van der Waals surface area contributed by atoms with Gasteiger partial charge in [-0.3, -0.25) is 4.99 Å². The van der Waals surface area contributed by atoms with Crippen LogP contribution in [0.3, 0.4) is 0 Å². The van der Waals surface area contributed by atoms with Crippen molar-refractivity contribution in [1.29, 1.82) is 0 Å². The first-order chi connectivity index (χ1) is 15.4. The number of aromatic nitrogens is 3. The molecule has 1 unspecified atom stereocenters. The van der Waals surface area contributed by atoms with Gasteiger partial charge in [0.2, 0.25) is 5.95 Å². The van der Waals surface area contributed by atoms with Crippen molar-refractivity contribution in [2.45, 2.75) is 44.7 Å². The summed E-state index contributed by atoms with van der Waals surface area (Å²) in [5, 5.41) is 6.43. The van der Waals surface area contributed by atoms with Crippen molar-refractivity contribution in [3.63, 3.8) is 0 Å². The number of hydrogen-bond acceptors (Lipinski definition) is 7. The fraction of sp³-hybridized carbons (Fsp3) is 0.435. The third-order valence-electron chi connectivity index (χ3n) is 6.49. The van der Waals surface area contributed by atoms with Crippen LogP contribution in [0.25, 0.3) is 0 Å². The van der Waals surface area contributed by atoms with Crippen LogP contribution in [0.2, 0.25) is 0 Å². The number of aryl methyl sites for hydroxylation is 1. The lowest BCUT2D eigenvalue weighted by molar-refractivity contribution is 0.170. The third-order valence-corrected chi connectivity index (χ3v) is 6.49. The molecular weight excluding hydrogens is 406 g/mol. The lowest BCUT2D eigenvalue weighted by Gasteiger charge is -2.34. The van der Waals surface area contributed by atoms with Gasteiger partial charge < -0.3 is 20.3 Å². The number of hydrogen-bond donors (Lipinski definition) is 2. The second-order valence-corrected chi connectivity index (χ2v) is 8.89. The minimum atomic E-state index is -0.420. The molecule has 0 bridgehead atoms. The van der Waals surface area contributed by atoms with Crippen molar-refractivity contribution in [2.75, 3.05) is 25.5 Å². The fourth-order valence-corrected chi connectivity index (χ4v) is 4.55. The van der Waals surface area contributed by atoms with Crippen LogP contribution in [0.5, 0.6) is 6.01 Å². The first-order valence-corrected chi connectivity index (χ1v) is 10.8. The van der Waals surface area contributed by atoms with Gasteiger partial charge in [0.15, 0.2) is 0 Å². The molecule has 9 heteroatoms. The highest BCUT2D eigenvalue weighted by Gasteiger charge is 2.47. The SMILES string of the molecule is COc1nc(C)nc(NC2=NCC3=C2CN(C(=O)NC2C[C@@H]2c2ccccc2)C3(C)C)n1. The first kappa shape index (κ1) is 20.4. The van der Waals surface area contributed by atoms with Crippen molar-refractivity contribution in [3.8, 4) is 6.01 Å². The summed E-state index contributed by atoms with van der Waals surface area (Å²) in [5.41, 5.74) is 3.03. The average molecular weight is 434 g/mol. The fourth-order valence-electron chi connectivity index (χ4n) is 4.55. The van der Waals surface area contributed by atoms with Gasteiger partial charge in [-0.2, -0.15) is 15.0 Å². The number of urea groups is 1. The molecule has 1 aliphatic carbocycles. The van der Waals surface area contributed by atoms with E-state index in [1.165, 1.54) is 12.7 Å². The molecule has 1 aromatic heterocycles. The van der Waals surface area contributed by atoms with Crippen LogP contribution in [-0.2, 0) is 0 Å². The summed E-state index contributed by atoms with van der Waals surface area (Å²) in [7, 11) is 1.52. The molecule has 0 saturated heterocycles. The number of amidine groups is 1. The lowest BCUT2D eigenvalue weighted by Crippen LogP contribution is -2.51. The monoisotopic (exact) mass is 433 g/mol. The zero-order valence-electron chi connectivity index (χ0n) is 18.7. The van der Waals surface area contributed by atoms with Crippen molar-refractivity contribution in [2.24, 2.45) is 4.99 Å². The standard InChI is InChI=1S/C23H27N7O2/c1-13-25-20(29-21(26-13)32-4)28-19-16-12-30(23(2,3)17(16)11-24-19)22(31)27-18-10-15(18)14-8-6-5-7-9-14/h5-9,15,18H,10-12H2,1-4H3,(H,27,31)(H,24,25,26,28,29)/t15-,18?/m1/s1. The number of carbonyl (C=O) groups excluding carboxylic acids is 1. The van der Waals surface area contributed by atoms with E-state index in [0.29, 0.717) is 36.6 Å². The van der Waals surface area contributed by atoms with Gasteiger partial charge in [0.05, 0.1) is 25.7 Å². The number of anilines is 1. The molecule has 0 radical (unpaired) electrons. The highest BCUT2D eigenvalue weighted by Crippen LogP contribution is 2.42. The highest BCUT2D eigenvalue weighted by atomic mass is 16.5. The number of benzene rings is 1. The summed E-state index contributed by atoms with van der Waals surface area (Å²) in [5.74, 6) is 2.03. The Balaban J connectivity index is 1.27. The summed E-state index contributed by atoms with van der Waals surface area (Å²) in [6, 6.07) is 10.7. The Kier molecular flexibility index (Phi) is 4.83. The Labute approximate surface area is 187 Å². The zero-order valence-corrected chi connectivity index (χ0v) is 18.7. The molecule has 5 rings (SSSR count). The smallest absolute Gasteiger partial charge is 0.321 e. The van der Waals surface area contributed by atoms with Gasteiger partial charge in [-0.1, -0.05) is 30.3 Å². The third kappa shape index (κ3) is 3.57. The van der Waals surface area contributed by atoms with Crippen molar-refractivity contribution in [3.05, 3.63) is 52.9 Å². The van der Waals surface area contributed by atoms with Crippen molar-refractivity contribution in [1.82, 2.24) is 25.2 Å². The Morgan fingerprint density at radius 1 is 1.19 bits per heavy atom. The number of rotatable bonds is 4. The van der Waals surface area contributed by atoms with Crippen molar-refractivity contribution < 1.29 is 9.53 Å². The van der Waals surface area contributed by atoms with E-state index >= 15 is 0 Å². The molecule has 2 amide bonds. The molecule has 3 heterocycles. The molecule has 2 aliphatic heterocycles. The summed E-state index contributed by atoms with van der Waals surface area (Å²) >= 11 is 0. The number of aliphatic imine (C=N–C) groups is 1. The number of nitrogens with zero attached hydrogens (tertiary/aromatic N) is 5. The van der Waals surface area contributed by atoms with E-state index < -0.39 is 5.54 Å². The quantitative estimate of drug-likeness (QED) is 0.768. The van der Waals surface area contributed by atoms with E-state index in [1.807, 2.05) is 23.1 Å². The van der Waals surface area contributed by atoms with Crippen LogP contribution < -0.4 is 15.4 Å². The summed E-state index contributed by atoms with van der Waals surface area (Å²) in [4.78, 5) is 32.4. The molecule has 1 fully saturated rings. The van der Waals surface area contributed by atoms with Crippen LogP contribution in [0, 0.1) is 6.92 Å². The van der Waals surface area contributed by atoms with Gasteiger partial charge in [0, 0.05) is 17.5 Å². The highest BCUT2D eigenvalue weighted by molar-refractivity contribution is 6.11. The molecule has 32 heavy (non-hydrogen) atoms. The maximum atomic E-state index is 13.2. The van der Waals surface area contributed by atoms with E-state index in [2.05, 4.69) is 56.6 Å². The number of carbonyl (C=O) groups is 1. The number of ether oxygens (including phenoxy) is 1. The molecule has 1 saturated carbocycles. The predicted octanol–water partition coefficient (Wildman–Crippen LogP) is 2.67. The molecule has 166 valence electrons. The summed E-state index contributed by atoms with van der Waals surface area (Å²) in [6.45, 7) is 6.97. The minimum absolute atomic E-state index is 0.0372. The maximum Gasteiger partial charge on any atom is 0.321 e. The van der Waals surface area contributed by atoms with E-state index in [9.17, 15) is 4.79 Å². The molecule has 2 aromatic rings. The number of methoxy groups -OCH3 is 1. The van der Waals surface area contributed by atoms with Crippen LogP contribution in [-0.4, -0.2) is 63.5 Å². The van der Waals surface area contributed by atoms with Gasteiger partial charge in [-0.05, 0) is 38.3 Å². The van der Waals surface area contributed by atoms with E-state index in [0.717, 1.165) is 17.6 Å². The molecule has 2 atom stereocenters. The van der Waals surface area contributed by atoms with E-state index in [-0.39, 0.29) is 18.1 Å². The van der Waals surface area contributed by atoms with Gasteiger partial charge in [-0.15, -0.1) is 0 Å². The molecular formula is C23H27N7O2. The van der Waals surface area contributed by atoms with Crippen LogP contribution in [0.1, 0.15) is 37.6 Å². The summed E-state index contributed by atoms with van der Waals surface area (Å²) < 4.78 is 5.14. The molecule has 2 N–H and O–H groups in total. The van der Waals surface area contributed by atoms with E-state index in [1.54, 1.807) is 6.92 Å². The molecule has 9 nitrogen and oxygen atoms in total. The largest absolute Gasteiger partial charge is 0.467 e. The summed E-state index contributed by atoms with van der Waals surface area (Å²) in [6.07, 6.45) is 0.978. The van der Waals surface area contributed by atoms with Crippen LogP contribution >= 0.6 is 0 Å². The topological polar surface area (TPSA) is 105 Å². The van der Waals surface area contributed by atoms with Gasteiger partial charge in [0.1, 0.15) is 11.7 Å². The average Bonchev–Trinajstić information content (AvgIpc) is 3.32. The number of amides is 2. The Morgan fingerprint density at radius 2 is 1.97 bits per heavy atom. The van der Waals surface area contributed by atoms with Gasteiger partial charge in [0.25, 0.3) is 0 Å². The zero-order chi connectivity index (χ0) is 22.5. The van der Waals surface area contributed by atoms with Gasteiger partial charge >= 0.3 is 12.0 Å². The molecule has 0 spiro atoms. The second kappa shape index (κ2) is 7.58. The Morgan fingerprint density at radius 3 is 2.72 bits per heavy atom. The predicted molar refractivity (Wildman–Crippen MR) is 121 cm³/mol. The van der Waals surface area contributed by atoms with Crippen LogP contribution in [0.4, 0.5) is 10.7 Å². The molecule has 3 aliphatic rings. The number of nitrogens with one attached hydrogen (secondary N) is 2. The van der Waals surface area contributed by atoms with Crippen molar-refractivity contribution >= 4 is 17.8 Å². The Bertz CT molecular complexity index is 1130. The molecule has 1 aromatic carbocycles.